The molecule has 128 valence electrons. The van der Waals surface area contributed by atoms with Gasteiger partial charge in [-0.05, 0) is 6.07 Å². The highest BCUT2D eigenvalue weighted by molar-refractivity contribution is 6.23. The van der Waals surface area contributed by atoms with Gasteiger partial charge in [-0.15, -0.1) is 0 Å². The van der Waals surface area contributed by atoms with Crippen molar-refractivity contribution in [1.82, 2.24) is 9.88 Å². The van der Waals surface area contributed by atoms with Gasteiger partial charge in [-0.2, -0.15) is 0 Å². The summed E-state index contributed by atoms with van der Waals surface area (Å²) in [6.07, 6.45) is 0. The molecule has 0 spiro atoms. The van der Waals surface area contributed by atoms with Crippen LogP contribution < -0.4 is 16.6 Å². The van der Waals surface area contributed by atoms with Crippen LogP contribution in [0.1, 0.15) is 31.1 Å². The highest BCUT2D eigenvalue weighted by atomic mass is 19.2. The number of carbonyl (C=O) groups excluding carboxylic acids is 3. The first-order valence-corrected chi connectivity index (χ1v) is 6.75. The fourth-order valence-corrected chi connectivity index (χ4v) is 2.52. The number of amides is 2. The molecule has 25 heavy (non-hydrogen) atoms. The average Bonchev–Trinajstić information content (AvgIpc) is 2.83. The van der Waals surface area contributed by atoms with Gasteiger partial charge in [0.2, 0.25) is 0 Å². The maximum atomic E-state index is 13.7. The number of rotatable bonds is 2. The Morgan fingerprint density at radius 2 is 1.76 bits per heavy atom. The monoisotopic (exact) mass is 349 g/mol. The van der Waals surface area contributed by atoms with Crippen LogP contribution in [-0.4, -0.2) is 29.5 Å². The Balaban J connectivity index is 2.40. The van der Waals surface area contributed by atoms with Gasteiger partial charge in [-0.1, -0.05) is 0 Å². The molecule has 2 aromatic rings. The molecule has 0 unspecified atom stereocenters. The maximum absolute atomic E-state index is 13.7. The number of halogens is 2. The number of benzene rings is 1. The summed E-state index contributed by atoms with van der Waals surface area (Å²) in [6, 6.07) is 1.93. The first-order chi connectivity index (χ1) is 11.8. The fraction of sp³-hybridized carbons (Fsp3) is 0.0667. The van der Waals surface area contributed by atoms with Crippen molar-refractivity contribution < 1.29 is 27.9 Å². The third kappa shape index (κ3) is 2.35. The molecule has 0 saturated carbocycles. The molecule has 3 N–H and O–H groups in total. The van der Waals surface area contributed by atoms with Crippen molar-refractivity contribution in [2.75, 3.05) is 12.8 Å². The van der Waals surface area contributed by atoms with Crippen molar-refractivity contribution >= 4 is 23.6 Å². The van der Waals surface area contributed by atoms with Crippen LogP contribution in [0.2, 0.25) is 0 Å². The molecule has 1 aliphatic rings. The Morgan fingerprint density at radius 1 is 1.12 bits per heavy atom. The van der Waals surface area contributed by atoms with Crippen LogP contribution >= 0.6 is 0 Å². The number of pyridine rings is 1. The molecule has 0 bridgehead atoms. The number of nitrogens with two attached hydrogens (primary N) is 1. The number of nitrogens with zero attached hydrogens (tertiary/aromatic N) is 1. The van der Waals surface area contributed by atoms with E-state index in [0.29, 0.717) is 16.7 Å². The predicted molar refractivity (Wildman–Crippen MR) is 79.5 cm³/mol. The summed E-state index contributed by atoms with van der Waals surface area (Å²) in [5, 5.41) is 1.96. The number of anilines is 1. The molecule has 0 aliphatic carbocycles. The molecule has 0 radical (unpaired) electrons. The van der Waals surface area contributed by atoms with Crippen LogP contribution in [0, 0.1) is 11.6 Å². The number of methoxy groups -OCH3 is 1. The van der Waals surface area contributed by atoms with Gasteiger partial charge in [-0.25, -0.2) is 13.6 Å². The summed E-state index contributed by atoms with van der Waals surface area (Å²) in [4.78, 5) is 47.6. The molecule has 0 atom stereocenters. The van der Waals surface area contributed by atoms with E-state index in [2.05, 4.69) is 4.74 Å². The standard InChI is InChI=1S/C15H9F2N3O5/c1-25-15(24)5-2-7(16)8(17)4-9(5)20-10(21)3-6-11(12(20)18)14(23)19-13(6)22/h2-4H,18H2,1H3,(H,19,22,23). The number of esters is 1. The zero-order chi connectivity index (χ0) is 18.5. The maximum Gasteiger partial charge on any atom is 0.340 e. The first-order valence-electron chi connectivity index (χ1n) is 6.75. The second-order valence-corrected chi connectivity index (χ2v) is 5.05. The first kappa shape index (κ1) is 16.3. The van der Waals surface area contributed by atoms with Crippen LogP contribution in [0.5, 0.6) is 0 Å². The molecule has 8 nitrogen and oxygen atoms in total. The number of nitrogen functional groups attached to an aromatic ring is 1. The number of fused-ring (bicyclic) bond motifs is 1. The van der Waals surface area contributed by atoms with Gasteiger partial charge in [0.25, 0.3) is 17.4 Å². The third-order valence-corrected chi connectivity index (χ3v) is 3.64. The molecule has 0 fully saturated rings. The van der Waals surface area contributed by atoms with Gasteiger partial charge in [0, 0.05) is 12.1 Å². The van der Waals surface area contributed by atoms with E-state index in [1.54, 1.807) is 0 Å². The second-order valence-electron chi connectivity index (χ2n) is 5.05. The zero-order valence-corrected chi connectivity index (χ0v) is 12.6. The summed E-state index contributed by atoms with van der Waals surface area (Å²) in [6.45, 7) is 0. The summed E-state index contributed by atoms with van der Waals surface area (Å²) >= 11 is 0. The minimum absolute atomic E-state index is 0.244. The lowest BCUT2D eigenvalue weighted by atomic mass is 10.1. The summed E-state index contributed by atoms with van der Waals surface area (Å²) in [5.41, 5.74) is 3.42. The Morgan fingerprint density at radius 3 is 2.40 bits per heavy atom. The van der Waals surface area contributed by atoms with Crippen LogP contribution in [0.25, 0.3) is 5.69 Å². The molecule has 3 rings (SSSR count). The van der Waals surface area contributed by atoms with E-state index in [1.165, 1.54) is 0 Å². The van der Waals surface area contributed by atoms with E-state index in [-0.39, 0.29) is 11.1 Å². The number of hydrogen-bond donors (Lipinski definition) is 2. The average molecular weight is 349 g/mol. The Hall–Kier alpha value is -3.56. The molecule has 0 saturated heterocycles. The molecular formula is C15H9F2N3O5. The fourth-order valence-electron chi connectivity index (χ4n) is 2.52. The minimum Gasteiger partial charge on any atom is -0.465 e. The van der Waals surface area contributed by atoms with E-state index < -0.39 is 52.0 Å². The van der Waals surface area contributed by atoms with Crippen LogP contribution in [-0.2, 0) is 4.74 Å². The number of hydrogen-bond acceptors (Lipinski definition) is 6. The highest BCUT2D eigenvalue weighted by Crippen LogP contribution is 2.26. The van der Waals surface area contributed by atoms with Crippen molar-refractivity contribution in [3.8, 4) is 5.69 Å². The topological polar surface area (TPSA) is 120 Å². The number of nitrogens with one attached hydrogen (secondary N) is 1. The Kier molecular flexibility index (Phi) is 3.59. The van der Waals surface area contributed by atoms with Crippen molar-refractivity contribution in [3.05, 3.63) is 56.9 Å². The number of ether oxygens (including phenoxy) is 1. The smallest absolute Gasteiger partial charge is 0.340 e. The van der Waals surface area contributed by atoms with Crippen molar-refractivity contribution in [2.24, 2.45) is 0 Å². The summed E-state index contributed by atoms with van der Waals surface area (Å²) in [5.74, 6) is -5.91. The van der Waals surface area contributed by atoms with Gasteiger partial charge < -0.3 is 10.5 Å². The van der Waals surface area contributed by atoms with Gasteiger partial charge in [-0.3, -0.25) is 24.3 Å². The summed E-state index contributed by atoms with van der Waals surface area (Å²) in [7, 11) is 1.01. The van der Waals surface area contributed by atoms with Gasteiger partial charge >= 0.3 is 5.97 Å². The lowest BCUT2D eigenvalue weighted by Crippen LogP contribution is -2.26. The molecule has 1 aromatic heterocycles. The zero-order valence-electron chi connectivity index (χ0n) is 12.6. The lowest BCUT2D eigenvalue weighted by molar-refractivity contribution is 0.0599. The molecule has 1 aliphatic heterocycles. The van der Waals surface area contributed by atoms with E-state index >= 15 is 0 Å². The third-order valence-electron chi connectivity index (χ3n) is 3.64. The van der Waals surface area contributed by atoms with Crippen LogP contribution in [0.4, 0.5) is 14.6 Å². The summed E-state index contributed by atoms with van der Waals surface area (Å²) < 4.78 is 32.3. The predicted octanol–water partition coefficient (Wildman–Crippen LogP) is 0.368. The van der Waals surface area contributed by atoms with Crippen molar-refractivity contribution in [3.63, 3.8) is 0 Å². The van der Waals surface area contributed by atoms with E-state index in [1.807, 2.05) is 5.32 Å². The quantitative estimate of drug-likeness (QED) is 0.597. The highest BCUT2D eigenvalue weighted by Gasteiger charge is 2.32. The van der Waals surface area contributed by atoms with Gasteiger partial charge in [0.15, 0.2) is 11.6 Å². The number of aromatic nitrogens is 1. The van der Waals surface area contributed by atoms with E-state index in [4.69, 9.17) is 5.73 Å². The molecule has 10 heteroatoms. The van der Waals surface area contributed by atoms with E-state index in [0.717, 1.165) is 13.2 Å². The van der Waals surface area contributed by atoms with Crippen LogP contribution in [0.3, 0.4) is 0 Å². The van der Waals surface area contributed by atoms with Gasteiger partial charge in [0.1, 0.15) is 5.82 Å². The van der Waals surface area contributed by atoms with Gasteiger partial charge in [0.05, 0.1) is 29.5 Å². The SMILES string of the molecule is COC(=O)c1cc(F)c(F)cc1-n1c(N)c2c(cc1=O)C(=O)NC2=O. The molecule has 1 aromatic carbocycles. The number of carbonyl (C=O) groups is 3. The lowest BCUT2D eigenvalue weighted by Gasteiger charge is -2.15. The largest absolute Gasteiger partial charge is 0.465 e. The Labute approximate surface area is 137 Å². The van der Waals surface area contributed by atoms with Crippen molar-refractivity contribution in [1.29, 1.82) is 0 Å². The van der Waals surface area contributed by atoms with Crippen LogP contribution in [0.15, 0.2) is 23.0 Å². The molecular weight excluding hydrogens is 340 g/mol. The van der Waals surface area contributed by atoms with Crippen molar-refractivity contribution in [2.45, 2.75) is 0 Å². The molecule has 2 heterocycles. The molecule has 2 amide bonds. The normalized spacial score (nSPS) is 12.8. The number of imide groups is 1. The minimum atomic E-state index is -1.35. The second kappa shape index (κ2) is 5.51. The van der Waals surface area contributed by atoms with E-state index in [9.17, 15) is 28.0 Å². The Bertz CT molecular complexity index is 1030.